The predicted octanol–water partition coefficient (Wildman–Crippen LogP) is 2.49. The number of benzene rings is 1. The topological polar surface area (TPSA) is 61.1 Å². The maximum absolute atomic E-state index is 13.2. The van der Waals surface area contributed by atoms with Gasteiger partial charge in [-0.3, -0.25) is 4.79 Å². The smallest absolute Gasteiger partial charge is 0.174 e. The van der Waals surface area contributed by atoms with Crippen molar-refractivity contribution in [3.05, 3.63) is 40.7 Å². The molecule has 0 aliphatic carbocycles. The molecule has 17 heavy (non-hydrogen) atoms. The van der Waals surface area contributed by atoms with Gasteiger partial charge in [0.05, 0.1) is 5.56 Å². The van der Waals surface area contributed by atoms with Crippen LogP contribution in [0.4, 0.5) is 13.2 Å². The van der Waals surface area contributed by atoms with E-state index in [1.54, 1.807) is 0 Å². The third kappa shape index (κ3) is 2.45. The third-order valence-electron chi connectivity index (χ3n) is 1.97. The summed E-state index contributed by atoms with van der Waals surface area (Å²) in [5, 5.41) is 18.0. The predicted molar refractivity (Wildman–Crippen MR) is 52.2 cm³/mol. The molecule has 0 spiro atoms. The van der Waals surface area contributed by atoms with E-state index in [4.69, 9.17) is 5.26 Å². The maximum Gasteiger partial charge on any atom is 0.174 e. The number of halogens is 3. The molecule has 0 heterocycles. The molecular weight excluding hydrogens is 235 g/mol. The zero-order valence-corrected chi connectivity index (χ0v) is 8.59. The number of rotatable bonds is 2. The minimum absolute atomic E-state index is 0.218. The van der Waals surface area contributed by atoms with Gasteiger partial charge < -0.3 is 5.11 Å². The number of aliphatic hydroxyl groups excluding tert-OH is 1. The Kier molecular flexibility index (Phi) is 3.53. The molecule has 1 N–H and O–H groups in total. The van der Waals surface area contributed by atoms with Crippen molar-refractivity contribution in [1.82, 2.24) is 0 Å². The molecule has 0 aliphatic heterocycles. The zero-order chi connectivity index (χ0) is 13.2. The fourth-order valence-corrected chi connectivity index (χ4v) is 1.14. The van der Waals surface area contributed by atoms with Gasteiger partial charge in [-0.05, 0) is 6.07 Å². The largest absolute Gasteiger partial charge is 0.506 e. The Hall–Kier alpha value is -2.29. The summed E-state index contributed by atoms with van der Waals surface area (Å²) in [6.07, 6.45) is 0. The van der Waals surface area contributed by atoms with Crippen molar-refractivity contribution in [2.75, 3.05) is 0 Å². The lowest BCUT2D eigenvalue weighted by Gasteiger charge is -2.04. The van der Waals surface area contributed by atoms with Crippen molar-refractivity contribution in [3.8, 4) is 6.07 Å². The van der Waals surface area contributed by atoms with Gasteiger partial charge in [0.25, 0.3) is 0 Å². The molecule has 0 aliphatic rings. The Labute approximate surface area is 94.4 Å². The first kappa shape index (κ1) is 12.8. The fraction of sp³-hybridized carbons (Fsp3) is 0.0909. The molecule has 0 amide bonds. The highest BCUT2D eigenvalue weighted by molar-refractivity contribution is 6.03. The van der Waals surface area contributed by atoms with E-state index < -0.39 is 40.1 Å². The van der Waals surface area contributed by atoms with E-state index in [0.717, 1.165) is 6.92 Å². The second-order valence-corrected chi connectivity index (χ2v) is 3.14. The Morgan fingerprint density at radius 3 is 2.24 bits per heavy atom. The van der Waals surface area contributed by atoms with Crippen LogP contribution >= 0.6 is 0 Å². The summed E-state index contributed by atoms with van der Waals surface area (Å²) in [6, 6.07) is 1.95. The second-order valence-electron chi connectivity index (χ2n) is 3.14. The average Bonchev–Trinajstić information content (AvgIpc) is 2.23. The molecule has 88 valence electrons. The summed E-state index contributed by atoms with van der Waals surface area (Å²) in [5.74, 6) is -5.92. The number of carbonyl (C=O) groups is 1. The van der Waals surface area contributed by atoms with Gasteiger partial charge in [0.2, 0.25) is 0 Å². The standard InChI is InChI=1S/C11H6F3NO2/c1-5(16)7(4-15)11(17)6-2-9(13)10(14)3-8(6)12/h2-3,17H,1H3/b11-7-. The highest BCUT2D eigenvalue weighted by Crippen LogP contribution is 2.22. The normalized spacial score (nSPS) is 11.7. The SMILES string of the molecule is CC(=O)/C(C#N)=C(\O)c1cc(F)c(F)cc1F. The number of hydrogen-bond acceptors (Lipinski definition) is 3. The zero-order valence-electron chi connectivity index (χ0n) is 8.59. The molecule has 0 atom stereocenters. The number of nitriles is 1. The molecule has 0 bridgehead atoms. The van der Waals surface area contributed by atoms with Gasteiger partial charge >= 0.3 is 0 Å². The molecule has 1 rings (SSSR count). The molecule has 0 saturated carbocycles. The Bertz CT molecular complexity index is 559. The number of carbonyl (C=O) groups excluding carboxylic acids is 1. The Morgan fingerprint density at radius 2 is 1.76 bits per heavy atom. The highest BCUT2D eigenvalue weighted by atomic mass is 19.2. The van der Waals surface area contributed by atoms with E-state index in [1.165, 1.54) is 6.07 Å². The summed E-state index contributed by atoms with van der Waals surface area (Å²) < 4.78 is 38.7. The summed E-state index contributed by atoms with van der Waals surface area (Å²) in [5.41, 5.74) is -1.47. The molecule has 1 aromatic carbocycles. The van der Waals surface area contributed by atoms with Gasteiger partial charge in [-0.1, -0.05) is 0 Å². The van der Waals surface area contributed by atoms with Crippen LogP contribution in [0.1, 0.15) is 12.5 Å². The first-order valence-corrected chi connectivity index (χ1v) is 4.37. The fourth-order valence-electron chi connectivity index (χ4n) is 1.14. The number of aliphatic hydroxyl groups is 1. The van der Waals surface area contributed by atoms with Crippen molar-refractivity contribution in [2.45, 2.75) is 6.92 Å². The van der Waals surface area contributed by atoms with Gasteiger partial charge in [0.1, 0.15) is 23.2 Å². The van der Waals surface area contributed by atoms with E-state index in [2.05, 4.69) is 0 Å². The summed E-state index contributed by atoms with van der Waals surface area (Å²) >= 11 is 0. The number of ketones is 1. The van der Waals surface area contributed by atoms with Crippen LogP contribution in [0, 0.1) is 28.8 Å². The van der Waals surface area contributed by atoms with Gasteiger partial charge in [-0.15, -0.1) is 0 Å². The quantitative estimate of drug-likeness (QED) is 0.374. The van der Waals surface area contributed by atoms with Crippen LogP contribution in [0.5, 0.6) is 0 Å². The van der Waals surface area contributed by atoms with Gasteiger partial charge in [0, 0.05) is 13.0 Å². The van der Waals surface area contributed by atoms with Crippen molar-refractivity contribution in [3.63, 3.8) is 0 Å². The van der Waals surface area contributed by atoms with Crippen molar-refractivity contribution in [1.29, 1.82) is 5.26 Å². The lowest BCUT2D eigenvalue weighted by Crippen LogP contribution is -2.02. The van der Waals surface area contributed by atoms with Crippen LogP contribution < -0.4 is 0 Å². The lowest BCUT2D eigenvalue weighted by atomic mass is 10.1. The molecule has 0 aromatic heterocycles. The van der Waals surface area contributed by atoms with Crippen molar-refractivity contribution < 1.29 is 23.1 Å². The van der Waals surface area contributed by atoms with E-state index in [1.807, 2.05) is 0 Å². The molecule has 0 radical (unpaired) electrons. The molecule has 0 saturated heterocycles. The van der Waals surface area contributed by atoms with Crippen LogP contribution in [0.2, 0.25) is 0 Å². The first-order valence-electron chi connectivity index (χ1n) is 4.37. The molecule has 3 nitrogen and oxygen atoms in total. The monoisotopic (exact) mass is 241 g/mol. The lowest BCUT2D eigenvalue weighted by molar-refractivity contribution is -0.113. The van der Waals surface area contributed by atoms with Crippen molar-refractivity contribution >= 4 is 11.5 Å². The molecule has 0 fully saturated rings. The second kappa shape index (κ2) is 4.70. The number of nitrogens with zero attached hydrogens (tertiary/aromatic N) is 1. The van der Waals surface area contributed by atoms with E-state index in [9.17, 15) is 23.1 Å². The summed E-state index contributed by atoms with van der Waals surface area (Å²) in [7, 11) is 0. The molecule has 0 unspecified atom stereocenters. The summed E-state index contributed by atoms with van der Waals surface area (Å²) in [4.78, 5) is 10.9. The van der Waals surface area contributed by atoms with Crippen LogP contribution in [0.15, 0.2) is 17.7 Å². The number of hydrogen-bond donors (Lipinski definition) is 1. The van der Waals surface area contributed by atoms with Crippen LogP contribution in [-0.2, 0) is 4.79 Å². The van der Waals surface area contributed by atoms with Crippen LogP contribution in [0.25, 0.3) is 5.76 Å². The van der Waals surface area contributed by atoms with E-state index in [-0.39, 0.29) is 6.07 Å². The van der Waals surface area contributed by atoms with Gasteiger partial charge in [-0.25, -0.2) is 13.2 Å². The van der Waals surface area contributed by atoms with Crippen LogP contribution in [-0.4, -0.2) is 10.9 Å². The Morgan fingerprint density at radius 1 is 1.24 bits per heavy atom. The van der Waals surface area contributed by atoms with Crippen molar-refractivity contribution in [2.24, 2.45) is 0 Å². The highest BCUT2D eigenvalue weighted by Gasteiger charge is 2.18. The molecular formula is C11H6F3NO2. The minimum Gasteiger partial charge on any atom is -0.506 e. The van der Waals surface area contributed by atoms with Gasteiger partial charge in [0.15, 0.2) is 17.4 Å². The van der Waals surface area contributed by atoms with E-state index in [0.29, 0.717) is 6.07 Å². The minimum atomic E-state index is -1.43. The molecule has 1 aromatic rings. The average molecular weight is 241 g/mol. The summed E-state index contributed by atoms with van der Waals surface area (Å²) in [6.45, 7) is 0.979. The Balaban J connectivity index is 3.50. The van der Waals surface area contributed by atoms with E-state index >= 15 is 0 Å². The number of Topliss-reactive ketones (excluding diaryl/α,β-unsaturated/α-hetero) is 1. The van der Waals surface area contributed by atoms with Crippen LogP contribution in [0.3, 0.4) is 0 Å². The maximum atomic E-state index is 13.2. The molecule has 6 heteroatoms. The first-order chi connectivity index (χ1) is 7.88. The number of allylic oxidation sites excluding steroid dienone is 1. The van der Waals surface area contributed by atoms with Gasteiger partial charge in [-0.2, -0.15) is 5.26 Å². The third-order valence-corrected chi connectivity index (χ3v) is 1.97.